The maximum atomic E-state index is 11.1. The third kappa shape index (κ3) is 2.52. The summed E-state index contributed by atoms with van der Waals surface area (Å²) in [6.45, 7) is 0. The van der Waals surface area contributed by atoms with Gasteiger partial charge in [-0.15, -0.1) is 0 Å². The number of carboxylic acids is 1. The van der Waals surface area contributed by atoms with Gasteiger partial charge in [0.2, 0.25) is 0 Å². The lowest BCUT2D eigenvalue weighted by atomic mass is 9.85. The van der Waals surface area contributed by atoms with Crippen molar-refractivity contribution in [1.29, 1.82) is 0 Å². The third-order valence-corrected chi connectivity index (χ3v) is 3.72. The topological polar surface area (TPSA) is 46.5 Å². The normalized spacial score (nSPS) is 20.8. The Morgan fingerprint density at radius 3 is 2.55 bits per heavy atom. The molecule has 1 aliphatic heterocycles. The van der Waals surface area contributed by atoms with E-state index in [0.717, 1.165) is 16.9 Å². The number of para-hydroxylation sites is 1. The molecule has 0 fully saturated rings. The largest absolute Gasteiger partial charge is 0.485 e. The monoisotopic (exact) mass is 268 g/mol. The van der Waals surface area contributed by atoms with Crippen LogP contribution in [0.3, 0.4) is 0 Å². The van der Waals surface area contributed by atoms with Crippen molar-refractivity contribution in [3.63, 3.8) is 0 Å². The molecule has 3 rings (SSSR count). The molecule has 3 heteroatoms. The molecule has 0 saturated heterocycles. The lowest BCUT2D eigenvalue weighted by Gasteiger charge is -2.31. The molecule has 0 spiro atoms. The first kappa shape index (κ1) is 12.7. The van der Waals surface area contributed by atoms with Crippen LogP contribution in [0.2, 0.25) is 0 Å². The minimum absolute atomic E-state index is 0.00246. The van der Waals surface area contributed by atoms with Crippen molar-refractivity contribution in [2.45, 2.75) is 24.9 Å². The first-order valence-corrected chi connectivity index (χ1v) is 6.76. The van der Waals surface area contributed by atoms with Crippen LogP contribution >= 0.6 is 0 Å². The molecule has 1 aliphatic rings. The highest BCUT2D eigenvalue weighted by Crippen LogP contribution is 2.43. The summed E-state index contributed by atoms with van der Waals surface area (Å²) in [4.78, 5) is 11.1. The predicted molar refractivity (Wildman–Crippen MR) is 75.9 cm³/mol. The summed E-state index contributed by atoms with van der Waals surface area (Å²) >= 11 is 0. The highest BCUT2D eigenvalue weighted by Gasteiger charge is 2.30. The number of aliphatic carboxylic acids is 1. The first-order valence-electron chi connectivity index (χ1n) is 6.76. The fraction of sp³-hybridized carbons (Fsp3) is 0.235. The van der Waals surface area contributed by atoms with Crippen LogP contribution in [-0.4, -0.2) is 11.1 Å². The Kier molecular flexibility index (Phi) is 3.42. The lowest BCUT2D eigenvalue weighted by molar-refractivity contribution is -0.137. The van der Waals surface area contributed by atoms with Gasteiger partial charge in [0.25, 0.3) is 0 Å². The summed E-state index contributed by atoms with van der Waals surface area (Å²) < 4.78 is 6.04. The zero-order valence-electron chi connectivity index (χ0n) is 11.0. The van der Waals surface area contributed by atoms with Crippen molar-refractivity contribution < 1.29 is 14.6 Å². The van der Waals surface area contributed by atoms with Crippen LogP contribution in [0.15, 0.2) is 54.6 Å². The zero-order valence-corrected chi connectivity index (χ0v) is 11.0. The Hall–Kier alpha value is -2.29. The van der Waals surface area contributed by atoms with Gasteiger partial charge in [-0.05, 0) is 23.6 Å². The maximum absolute atomic E-state index is 11.1. The van der Waals surface area contributed by atoms with Crippen molar-refractivity contribution in [2.24, 2.45) is 0 Å². The Balaban J connectivity index is 1.94. The van der Waals surface area contributed by atoms with Crippen LogP contribution in [-0.2, 0) is 4.79 Å². The van der Waals surface area contributed by atoms with E-state index >= 15 is 0 Å². The van der Waals surface area contributed by atoms with Gasteiger partial charge in [-0.1, -0.05) is 48.5 Å². The summed E-state index contributed by atoms with van der Waals surface area (Å²) in [6, 6.07) is 17.7. The number of ether oxygens (including phenoxy) is 1. The van der Waals surface area contributed by atoms with Crippen molar-refractivity contribution >= 4 is 5.97 Å². The summed E-state index contributed by atoms with van der Waals surface area (Å²) in [5, 5.41) is 9.11. The lowest BCUT2D eigenvalue weighted by Crippen LogP contribution is -2.21. The van der Waals surface area contributed by atoms with Crippen LogP contribution in [0.1, 0.15) is 36.0 Å². The highest BCUT2D eigenvalue weighted by molar-refractivity contribution is 5.68. The fourth-order valence-corrected chi connectivity index (χ4v) is 2.79. The average molecular weight is 268 g/mol. The van der Waals surface area contributed by atoms with E-state index in [9.17, 15) is 4.79 Å². The van der Waals surface area contributed by atoms with Crippen LogP contribution in [0, 0.1) is 0 Å². The number of fused-ring (bicyclic) bond motifs is 1. The number of rotatable bonds is 3. The number of carbonyl (C=O) groups is 1. The molecule has 2 aromatic carbocycles. The van der Waals surface area contributed by atoms with Gasteiger partial charge in [-0.25, -0.2) is 0 Å². The Bertz CT molecular complexity index is 607. The molecule has 0 bridgehead atoms. The van der Waals surface area contributed by atoms with E-state index < -0.39 is 5.97 Å². The maximum Gasteiger partial charge on any atom is 0.303 e. The molecule has 0 unspecified atom stereocenters. The van der Waals surface area contributed by atoms with Gasteiger partial charge in [0, 0.05) is 5.92 Å². The molecule has 1 N–H and O–H groups in total. The Morgan fingerprint density at radius 1 is 1.10 bits per heavy atom. The van der Waals surface area contributed by atoms with Crippen LogP contribution < -0.4 is 4.74 Å². The van der Waals surface area contributed by atoms with E-state index in [1.807, 2.05) is 54.6 Å². The molecule has 3 nitrogen and oxygen atoms in total. The number of carboxylic acid groups (broad SMARTS) is 1. The van der Waals surface area contributed by atoms with Crippen LogP contribution in [0.25, 0.3) is 0 Å². The molecule has 2 aromatic rings. The summed E-state index contributed by atoms with van der Waals surface area (Å²) in [7, 11) is 0. The fourth-order valence-electron chi connectivity index (χ4n) is 2.79. The Morgan fingerprint density at radius 2 is 1.80 bits per heavy atom. The first-order chi connectivity index (χ1) is 9.74. The average Bonchev–Trinajstić information content (AvgIpc) is 2.47. The van der Waals surface area contributed by atoms with Gasteiger partial charge in [0.1, 0.15) is 11.9 Å². The van der Waals surface area contributed by atoms with Gasteiger partial charge in [0.15, 0.2) is 0 Å². The van der Waals surface area contributed by atoms with E-state index in [2.05, 4.69) is 0 Å². The van der Waals surface area contributed by atoms with Crippen molar-refractivity contribution in [3.8, 4) is 5.75 Å². The number of hydrogen-bond donors (Lipinski definition) is 1. The number of hydrogen-bond acceptors (Lipinski definition) is 2. The summed E-state index contributed by atoms with van der Waals surface area (Å²) in [6.07, 6.45) is 0.771. The second-order valence-electron chi connectivity index (χ2n) is 5.09. The molecule has 102 valence electrons. The predicted octanol–water partition coefficient (Wildman–Crippen LogP) is 3.77. The minimum atomic E-state index is -0.765. The van der Waals surface area contributed by atoms with Crippen LogP contribution in [0.4, 0.5) is 0 Å². The standard InChI is InChI=1S/C17H16O3/c18-17(19)11-13-10-16(12-6-2-1-3-7-12)20-15-9-5-4-8-14(13)15/h1-9,13,16H,10-11H2,(H,18,19)/t13-,16+/m0/s1. The van der Waals surface area contributed by atoms with Gasteiger partial charge < -0.3 is 9.84 Å². The second kappa shape index (κ2) is 5.37. The van der Waals surface area contributed by atoms with E-state index in [1.54, 1.807) is 0 Å². The zero-order chi connectivity index (χ0) is 13.9. The van der Waals surface area contributed by atoms with Crippen molar-refractivity contribution in [1.82, 2.24) is 0 Å². The summed E-state index contributed by atoms with van der Waals surface area (Å²) in [5.74, 6) is 0.0417. The molecule has 20 heavy (non-hydrogen) atoms. The Labute approximate surface area is 117 Å². The van der Waals surface area contributed by atoms with E-state index in [1.165, 1.54) is 0 Å². The minimum Gasteiger partial charge on any atom is -0.485 e. The smallest absolute Gasteiger partial charge is 0.303 e. The molecule has 0 amide bonds. The van der Waals surface area contributed by atoms with E-state index in [4.69, 9.17) is 9.84 Å². The summed E-state index contributed by atoms with van der Waals surface area (Å²) in [5.41, 5.74) is 2.10. The second-order valence-corrected chi connectivity index (χ2v) is 5.09. The van der Waals surface area contributed by atoms with Crippen LogP contribution in [0.5, 0.6) is 5.75 Å². The van der Waals surface area contributed by atoms with Gasteiger partial charge in [-0.2, -0.15) is 0 Å². The van der Waals surface area contributed by atoms with Gasteiger partial charge in [-0.3, -0.25) is 4.79 Å². The van der Waals surface area contributed by atoms with E-state index in [-0.39, 0.29) is 18.4 Å². The molecule has 0 aliphatic carbocycles. The molecule has 0 radical (unpaired) electrons. The highest BCUT2D eigenvalue weighted by atomic mass is 16.5. The van der Waals surface area contributed by atoms with Crippen molar-refractivity contribution in [2.75, 3.05) is 0 Å². The van der Waals surface area contributed by atoms with Gasteiger partial charge in [0.05, 0.1) is 6.42 Å². The molecule has 0 aromatic heterocycles. The molecule has 2 atom stereocenters. The molecule has 1 heterocycles. The van der Waals surface area contributed by atoms with E-state index in [0.29, 0.717) is 6.42 Å². The quantitative estimate of drug-likeness (QED) is 0.921. The van der Waals surface area contributed by atoms with Gasteiger partial charge >= 0.3 is 5.97 Å². The molecular formula is C17H16O3. The van der Waals surface area contributed by atoms with Crippen molar-refractivity contribution in [3.05, 3.63) is 65.7 Å². The molecular weight excluding hydrogens is 252 g/mol. The number of benzene rings is 2. The SMILES string of the molecule is O=C(O)C[C@@H]1C[C@H](c2ccccc2)Oc2ccccc21. The third-order valence-electron chi connectivity index (χ3n) is 3.72. The molecule has 0 saturated carbocycles.